The fraction of sp³-hybridized carbons (Fsp3) is 0.269. The summed E-state index contributed by atoms with van der Waals surface area (Å²) in [7, 11) is 1.62. The fourth-order valence-corrected chi connectivity index (χ4v) is 4.07. The summed E-state index contributed by atoms with van der Waals surface area (Å²) in [6.45, 7) is 2.57. The van der Waals surface area contributed by atoms with Gasteiger partial charge in [-0.25, -0.2) is 4.39 Å². The largest absolute Gasteiger partial charge is 0.497 e. The average molecular weight is 454 g/mol. The highest BCUT2D eigenvalue weighted by molar-refractivity contribution is 6.30. The van der Waals surface area contributed by atoms with Gasteiger partial charge in [0.2, 0.25) is 0 Å². The van der Waals surface area contributed by atoms with Crippen LogP contribution < -0.4 is 4.74 Å². The van der Waals surface area contributed by atoms with E-state index >= 15 is 0 Å². The van der Waals surface area contributed by atoms with E-state index in [2.05, 4.69) is 0 Å². The first-order valence-electron chi connectivity index (χ1n) is 10.5. The van der Waals surface area contributed by atoms with Crippen molar-refractivity contribution in [3.63, 3.8) is 0 Å². The molecule has 32 heavy (non-hydrogen) atoms. The molecule has 1 aliphatic rings. The first-order valence-corrected chi connectivity index (χ1v) is 10.9. The van der Waals surface area contributed by atoms with Crippen LogP contribution in [0.25, 0.3) is 0 Å². The predicted octanol–water partition coefficient (Wildman–Crippen LogP) is 5.51. The molecule has 0 saturated carbocycles. The molecule has 2 atom stereocenters. The van der Waals surface area contributed by atoms with Crippen LogP contribution in [-0.4, -0.2) is 30.6 Å². The summed E-state index contributed by atoms with van der Waals surface area (Å²) in [6, 6.07) is 19.8. The molecule has 4 rings (SSSR count). The maximum Gasteiger partial charge on any atom is 0.252 e. The van der Waals surface area contributed by atoms with Crippen LogP contribution in [0.3, 0.4) is 0 Å². The first-order chi connectivity index (χ1) is 15.4. The smallest absolute Gasteiger partial charge is 0.252 e. The van der Waals surface area contributed by atoms with Gasteiger partial charge in [-0.1, -0.05) is 48.0 Å². The number of benzene rings is 3. The lowest BCUT2D eigenvalue weighted by Gasteiger charge is -2.40. The van der Waals surface area contributed by atoms with Crippen molar-refractivity contribution in [3.8, 4) is 5.75 Å². The third kappa shape index (κ3) is 4.95. The van der Waals surface area contributed by atoms with Gasteiger partial charge in [0.15, 0.2) is 0 Å². The maximum atomic E-state index is 14.4. The van der Waals surface area contributed by atoms with E-state index in [-0.39, 0.29) is 24.2 Å². The molecular formula is C26H25ClFNO3. The van der Waals surface area contributed by atoms with Crippen molar-refractivity contribution in [2.24, 2.45) is 0 Å². The Morgan fingerprint density at radius 1 is 1.09 bits per heavy atom. The van der Waals surface area contributed by atoms with Crippen molar-refractivity contribution in [2.75, 3.05) is 13.7 Å². The molecule has 6 heteroatoms. The zero-order valence-corrected chi connectivity index (χ0v) is 18.8. The van der Waals surface area contributed by atoms with E-state index in [1.54, 1.807) is 25.3 Å². The Kier molecular flexibility index (Phi) is 6.77. The van der Waals surface area contributed by atoms with Gasteiger partial charge in [0.05, 0.1) is 19.8 Å². The highest BCUT2D eigenvalue weighted by Gasteiger charge is 2.37. The summed E-state index contributed by atoms with van der Waals surface area (Å²) in [5.74, 6) is 0.277. The number of ether oxygens (including phenoxy) is 2. The molecule has 166 valence electrons. The Morgan fingerprint density at radius 3 is 2.47 bits per heavy atom. The number of aryl methyl sites for hydroxylation is 1. The summed E-state index contributed by atoms with van der Waals surface area (Å²) in [6.07, 6.45) is -0.550. The van der Waals surface area contributed by atoms with Crippen LogP contribution in [0.4, 0.5) is 4.39 Å². The van der Waals surface area contributed by atoms with Crippen LogP contribution in [0.1, 0.15) is 28.3 Å². The van der Waals surface area contributed by atoms with E-state index in [4.69, 9.17) is 21.1 Å². The van der Waals surface area contributed by atoms with Gasteiger partial charge >= 0.3 is 0 Å². The Balaban J connectivity index is 1.61. The van der Waals surface area contributed by atoms with Crippen LogP contribution in [0.5, 0.6) is 5.75 Å². The number of hydrogen-bond acceptors (Lipinski definition) is 3. The molecule has 4 nitrogen and oxygen atoms in total. The summed E-state index contributed by atoms with van der Waals surface area (Å²) >= 11 is 6.05. The molecule has 1 fully saturated rings. The number of nitrogens with zero attached hydrogens (tertiary/aromatic N) is 1. The lowest BCUT2D eigenvalue weighted by Crippen LogP contribution is -2.49. The fourth-order valence-electron chi connectivity index (χ4n) is 3.95. The molecule has 0 bridgehead atoms. The van der Waals surface area contributed by atoms with Crippen molar-refractivity contribution in [3.05, 3.63) is 99.8 Å². The minimum atomic E-state index is -0.742. The van der Waals surface area contributed by atoms with Crippen LogP contribution in [-0.2, 0) is 22.5 Å². The van der Waals surface area contributed by atoms with Crippen LogP contribution in [0, 0.1) is 12.7 Å². The Hall–Kier alpha value is -2.89. The SMILES string of the molecule is COc1ccc(CN2C(=O)C(Cc3ccc(C)cc3F)OC[C@@H]2c2ccc(Cl)cc2)cc1. The van der Waals surface area contributed by atoms with E-state index in [0.717, 1.165) is 22.4 Å². The molecule has 1 amide bonds. The molecule has 1 unspecified atom stereocenters. The third-order valence-electron chi connectivity index (χ3n) is 5.77. The Labute approximate surface area is 192 Å². The average Bonchev–Trinajstić information content (AvgIpc) is 2.79. The van der Waals surface area contributed by atoms with Crippen LogP contribution >= 0.6 is 11.6 Å². The van der Waals surface area contributed by atoms with Crippen molar-refractivity contribution in [2.45, 2.75) is 32.0 Å². The zero-order valence-electron chi connectivity index (χ0n) is 18.1. The monoisotopic (exact) mass is 453 g/mol. The lowest BCUT2D eigenvalue weighted by molar-refractivity contribution is -0.161. The number of rotatable bonds is 6. The van der Waals surface area contributed by atoms with Crippen molar-refractivity contribution < 1.29 is 18.7 Å². The highest BCUT2D eigenvalue weighted by Crippen LogP contribution is 2.31. The summed E-state index contributed by atoms with van der Waals surface area (Å²) < 4.78 is 25.6. The number of methoxy groups -OCH3 is 1. The standard InChI is InChI=1S/C26H25ClFNO3/c1-17-3-6-20(23(28)13-17)14-25-26(30)29(15-18-4-11-22(31-2)12-5-18)24(16-32-25)19-7-9-21(27)10-8-19/h3-13,24-25H,14-16H2,1-2H3/t24-,25?/m1/s1. The van der Waals surface area contributed by atoms with E-state index in [1.807, 2.05) is 54.3 Å². The van der Waals surface area contributed by atoms with Gasteiger partial charge in [-0.05, 0) is 59.5 Å². The second kappa shape index (κ2) is 9.72. The molecule has 0 N–H and O–H groups in total. The minimum absolute atomic E-state index is 0.160. The quantitative estimate of drug-likeness (QED) is 0.494. The summed E-state index contributed by atoms with van der Waals surface area (Å²) in [5, 5.41) is 0.631. The Morgan fingerprint density at radius 2 is 1.81 bits per heavy atom. The lowest BCUT2D eigenvalue weighted by atomic mass is 9.98. The molecule has 0 aliphatic carbocycles. The molecular weight excluding hydrogens is 429 g/mol. The van der Waals surface area contributed by atoms with Crippen molar-refractivity contribution in [1.82, 2.24) is 4.90 Å². The molecule has 3 aromatic carbocycles. The Bertz CT molecular complexity index is 1090. The van der Waals surface area contributed by atoms with E-state index in [9.17, 15) is 9.18 Å². The van der Waals surface area contributed by atoms with Crippen molar-refractivity contribution >= 4 is 17.5 Å². The number of carbonyl (C=O) groups is 1. The second-order valence-corrected chi connectivity index (χ2v) is 8.44. The number of halogens is 2. The molecule has 0 radical (unpaired) electrons. The van der Waals surface area contributed by atoms with Gasteiger partial charge in [0, 0.05) is 18.0 Å². The second-order valence-electron chi connectivity index (χ2n) is 8.00. The normalized spacial score (nSPS) is 18.6. The van der Waals surface area contributed by atoms with Gasteiger partial charge in [0.1, 0.15) is 17.7 Å². The van der Waals surface area contributed by atoms with E-state index in [1.165, 1.54) is 6.07 Å². The molecule has 0 spiro atoms. The van der Waals surface area contributed by atoms with Crippen LogP contribution in [0.15, 0.2) is 66.7 Å². The van der Waals surface area contributed by atoms with Gasteiger partial charge in [-0.2, -0.15) is 0 Å². The molecule has 1 heterocycles. The van der Waals surface area contributed by atoms with Crippen molar-refractivity contribution in [1.29, 1.82) is 0 Å². The van der Waals surface area contributed by atoms with E-state index < -0.39 is 6.10 Å². The van der Waals surface area contributed by atoms with Gasteiger partial charge < -0.3 is 14.4 Å². The number of hydrogen-bond donors (Lipinski definition) is 0. The molecule has 0 aromatic heterocycles. The number of amides is 1. The highest BCUT2D eigenvalue weighted by atomic mass is 35.5. The predicted molar refractivity (Wildman–Crippen MR) is 122 cm³/mol. The third-order valence-corrected chi connectivity index (χ3v) is 6.02. The molecule has 1 saturated heterocycles. The van der Waals surface area contributed by atoms with Gasteiger partial charge in [-0.3, -0.25) is 4.79 Å². The van der Waals surface area contributed by atoms with Gasteiger partial charge in [-0.15, -0.1) is 0 Å². The number of morpholine rings is 1. The van der Waals surface area contributed by atoms with E-state index in [0.29, 0.717) is 23.7 Å². The van der Waals surface area contributed by atoms with Gasteiger partial charge in [0.25, 0.3) is 5.91 Å². The maximum absolute atomic E-state index is 14.4. The minimum Gasteiger partial charge on any atom is -0.497 e. The summed E-state index contributed by atoms with van der Waals surface area (Å²) in [4.78, 5) is 15.3. The molecule has 3 aromatic rings. The first kappa shape index (κ1) is 22.3. The topological polar surface area (TPSA) is 38.8 Å². The zero-order chi connectivity index (χ0) is 22.7. The summed E-state index contributed by atoms with van der Waals surface area (Å²) in [5.41, 5.74) is 3.23. The van der Waals surface area contributed by atoms with Crippen LogP contribution in [0.2, 0.25) is 5.02 Å². The number of carbonyl (C=O) groups excluding carboxylic acids is 1. The molecule has 1 aliphatic heterocycles.